The molecule has 0 unspecified atom stereocenters. The van der Waals surface area contributed by atoms with Crippen LogP contribution in [0.5, 0.6) is 0 Å². The van der Waals surface area contributed by atoms with Gasteiger partial charge in [-0.25, -0.2) is 14.4 Å². The van der Waals surface area contributed by atoms with Crippen LogP contribution >= 0.6 is 0 Å². The van der Waals surface area contributed by atoms with Crippen molar-refractivity contribution in [2.75, 3.05) is 5.73 Å². The summed E-state index contributed by atoms with van der Waals surface area (Å²) in [5, 5.41) is 0. The van der Waals surface area contributed by atoms with Gasteiger partial charge < -0.3 is 5.73 Å². The van der Waals surface area contributed by atoms with Crippen molar-refractivity contribution < 1.29 is 4.39 Å². The third-order valence-electron chi connectivity index (χ3n) is 3.12. The molecule has 0 fully saturated rings. The lowest BCUT2D eigenvalue weighted by atomic mass is 10.0. The highest BCUT2D eigenvalue weighted by Gasteiger charge is 2.12. The highest BCUT2D eigenvalue weighted by molar-refractivity contribution is 5.84. The summed E-state index contributed by atoms with van der Waals surface area (Å²) in [4.78, 5) is 8.27. The van der Waals surface area contributed by atoms with Gasteiger partial charge in [-0.15, -0.1) is 0 Å². The van der Waals surface area contributed by atoms with Gasteiger partial charge in [-0.3, -0.25) is 4.40 Å². The fraction of sp³-hybridized carbons (Fsp3) is 0.231. The smallest absolute Gasteiger partial charge is 0.150 e. The minimum absolute atomic E-state index is 0.116. The van der Waals surface area contributed by atoms with Crippen molar-refractivity contribution in [3.8, 4) is 0 Å². The van der Waals surface area contributed by atoms with E-state index in [4.69, 9.17) is 5.73 Å². The van der Waals surface area contributed by atoms with Gasteiger partial charge in [-0.05, 0) is 17.5 Å². The molecule has 0 amide bonds. The number of nitrogen functional groups attached to an aromatic ring is 1. The molecule has 0 aliphatic heterocycles. The molecule has 2 heterocycles. The second-order valence-corrected chi connectivity index (χ2v) is 4.66. The van der Waals surface area contributed by atoms with E-state index in [1.165, 1.54) is 6.07 Å². The number of anilines is 1. The van der Waals surface area contributed by atoms with Crippen molar-refractivity contribution in [1.29, 1.82) is 0 Å². The number of imidazole rings is 1. The number of fused-ring (bicyclic) bond motifs is 3. The minimum Gasteiger partial charge on any atom is -0.382 e. The second-order valence-electron chi connectivity index (χ2n) is 4.66. The Kier molecular flexibility index (Phi) is 2.23. The number of nitrogens with two attached hydrogens (primary N) is 1. The first kappa shape index (κ1) is 11.0. The van der Waals surface area contributed by atoms with Crippen LogP contribution in [0.2, 0.25) is 0 Å². The van der Waals surface area contributed by atoms with Crippen molar-refractivity contribution in [3.05, 3.63) is 36.0 Å². The molecule has 0 atom stereocenters. The lowest BCUT2D eigenvalue weighted by molar-refractivity contribution is 0.600. The quantitative estimate of drug-likeness (QED) is 0.716. The van der Waals surface area contributed by atoms with Gasteiger partial charge in [0, 0.05) is 6.07 Å². The van der Waals surface area contributed by atoms with Gasteiger partial charge in [0.1, 0.15) is 17.2 Å². The van der Waals surface area contributed by atoms with Gasteiger partial charge in [0.25, 0.3) is 0 Å². The number of hydrogen-bond donors (Lipinski definition) is 1. The fourth-order valence-electron chi connectivity index (χ4n) is 2.16. The van der Waals surface area contributed by atoms with E-state index in [0.29, 0.717) is 16.9 Å². The van der Waals surface area contributed by atoms with Crippen molar-refractivity contribution >= 4 is 22.4 Å². The first-order valence-corrected chi connectivity index (χ1v) is 5.78. The number of benzene rings is 1. The number of nitrogens with zero attached hydrogens (tertiary/aromatic N) is 3. The van der Waals surface area contributed by atoms with Crippen molar-refractivity contribution in [2.24, 2.45) is 0 Å². The van der Waals surface area contributed by atoms with Crippen LogP contribution in [-0.4, -0.2) is 14.4 Å². The molecule has 92 valence electrons. The Morgan fingerprint density at radius 2 is 2.06 bits per heavy atom. The maximum Gasteiger partial charge on any atom is 0.150 e. The maximum atomic E-state index is 13.9. The van der Waals surface area contributed by atoms with Gasteiger partial charge in [0.05, 0.1) is 23.6 Å². The van der Waals surface area contributed by atoms with Gasteiger partial charge in [-0.1, -0.05) is 13.8 Å². The summed E-state index contributed by atoms with van der Waals surface area (Å²) < 4.78 is 15.8. The Bertz CT molecular complexity index is 745. The molecule has 0 spiro atoms. The molecular formula is C13H13FN4. The highest BCUT2D eigenvalue weighted by atomic mass is 19.1. The summed E-state index contributed by atoms with van der Waals surface area (Å²) in [6.07, 6.45) is 3.32. The Morgan fingerprint density at radius 1 is 1.28 bits per heavy atom. The summed E-state index contributed by atoms with van der Waals surface area (Å²) in [5.41, 5.74) is 8.59. The lowest BCUT2D eigenvalue weighted by Gasteiger charge is -2.10. The van der Waals surface area contributed by atoms with Crippen LogP contribution in [0.4, 0.5) is 10.2 Å². The van der Waals surface area contributed by atoms with Gasteiger partial charge in [0.2, 0.25) is 0 Å². The predicted molar refractivity (Wildman–Crippen MR) is 69.0 cm³/mol. The third kappa shape index (κ3) is 1.44. The molecule has 3 rings (SSSR count). The molecule has 0 saturated carbocycles. The second kappa shape index (κ2) is 3.66. The molecule has 4 nitrogen and oxygen atoms in total. The largest absolute Gasteiger partial charge is 0.382 e. The van der Waals surface area contributed by atoms with E-state index in [1.54, 1.807) is 12.5 Å². The van der Waals surface area contributed by atoms with Crippen LogP contribution in [-0.2, 0) is 0 Å². The zero-order chi connectivity index (χ0) is 12.9. The molecule has 5 heteroatoms. The average molecular weight is 244 g/mol. The van der Waals surface area contributed by atoms with Crippen molar-refractivity contribution in [2.45, 2.75) is 19.8 Å². The molecule has 0 aliphatic carbocycles. The number of halogens is 1. The summed E-state index contributed by atoms with van der Waals surface area (Å²) in [6, 6.07) is 3.25. The van der Waals surface area contributed by atoms with E-state index in [1.807, 2.05) is 24.3 Å². The number of rotatable bonds is 1. The summed E-state index contributed by atoms with van der Waals surface area (Å²) in [7, 11) is 0. The van der Waals surface area contributed by atoms with E-state index in [-0.39, 0.29) is 11.7 Å². The minimum atomic E-state index is -0.246. The summed E-state index contributed by atoms with van der Waals surface area (Å²) in [6.45, 7) is 3.92. The molecule has 0 radical (unpaired) electrons. The topological polar surface area (TPSA) is 56.2 Å². The predicted octanol–water partition coefficient (Wildman–Crippen LogP) is 2.73. The normalized spacial score (nSPS) is 11.8. The monoisotopic (exact) mass is 244 g/mol. The average Bonchev–Trinajstić information content (AvgIpc) is 2.77. The van der Waals surface area contributed by atoms with Crippen LogP contribution < -0.4 is 5.73 Å². The van der Waals surface area contributed by atoms with E-state index in [0.717, 1.165) is 11.0 Å². The molecule has 2 aromatic heterocycles. The number of hydrogen-bond acceptors (Lipinski definition) is 3. The van der Waals surface area contributed by atoms with E-state index in [2.05, 4.69) is 9.97 Å². The first-order chi connectivity index (χ1) is 8.58. The molecule has 0 saturated heterocycles. The van der Waals surface area contributed by atoms with E-state index >= 15 is 0 Å². The lowest BCUT2D eigenvalue weighted by Crippen LogP contribution is -2.01. The van der Waals surface area contributed by atoms with E-state index in [9.17, 15) is 4.39 Å². The van der Waals surface area contributed by atoms with Crippen LogP contribution in [0.3, 0.4) is 0 Å². The van der Waals surface area contributed by atoms with Gasteiger partial charge >= 0.3 is 0 Å². The zero-order valence-electron chi connectivity index (χ0n) is 10.2. The Morgan fingerprint density at radius 3 is 2.78 bits per heavy atom. The Hall–Kier alpha value is -2.17. The molecule has 0 bridgehead atoms. The van der Waals surface area contributed by atoms with Crippen molar-refractivity contribution in [1.82, 2.24) is 14.4 Å². The van der Waals surface area contributed by atoms with E-state index < -0.39 is 0 Å². The molecule has 18 heavy (non-hydrogen) atoms. The molecular weight excluding hydrogens is 231 g/mol. The zero-order valence-corrected chi connectivity index (χ0v) is 10.2. The summed E-state index contributed by atoms with van der Waals surface area (Å²) >= 11 is 0. The van der Waals surface area contributed by atoms with Crippen LogP contribution in [0.15, 0.2) is 24.7 Å². The summed E-state index contributed by atoms with van der Waals surface area (Å²) in [5.74, 6) is 0.228. The molecule has 2 N–H and O–H groups in total. The first-order valence-electron chi connectivity index (χ1n) is 5.78. The Balaban J connectivity index is 2.48. The molecule has 3 aromatic rings. The van der Waals surface area contributed by atoms with Crippen LogP contribution in [0.1, 0.15) is 25.3 Å². The van der Waals surface area contributed by atoms with Crippen LogP contribution in [0.25, 0.3) is 16.6 Å². The number of aromatic nitrogens is 3. The fourth-order valence-corrected chi connectivity index (χ4v) is 2.16. The standard InChI is InChI=1S/C13H13FN4/c1-7(2)8-3-11-10(4-9(8)14)17-13(15)12-5-16-6-18(11)12/h3-7H,1-2H3,(H2,15,17). The third-order valence-corrected chi connectivity index (χ3v) is 3.12. The highest BCUT2D eigenvalue weighted by Crippen LogP contribution is 2.26. The molecule has 1 aromatic carbocycles. The molecule has 0 aliphatic rings. The van der Waals surface area contributed by atoms with Crippen LogP contribution in [0, 0.1) is 5.82 Å². The van der Waals surface area contributed by atoms with Gasteiger partial charge in [-0.2, -0.15) is 0 Å². The SMILES string of the molecule is CC(C)c1cc2c(cc1F)nc(N)c1cncn12. The van der Waals surface area contributed by atoms with Crippen molar-refractivity contribution in [3.63, 3.8) is 0 Å². The Labute approximate surface area is 103 Å². The van der Waals surface area contributed by atoms with Gasteiger partial charge in [0.15, 0.2) is 0 Å². The maximum absolute atomic E-state index is 13.9.